The second-order valence-electron chi connectivity index (χ2n) is 6.59. The number of aromatic nitrogens is 3. The first kappa shape index (κ1) is 16.8. The Labute approximate surface area is 156 Å². The molecule has 0 aliphatic carbocycles. The van der Waals surface area contributed by atoms with Crippen LogP contribution in [0.25, 0.3) is 5.70 Å². The van der Waals surface area contributed by atoms with Crippen LogP contribution in [0.15, 0.2) is 54.9 Å². The first-order valence-corrected chi connectivity index (χ1v) is 8.85. The van der Waals surface area contributed by atoms with Gasteiger partial charge in [0, 0.05) is 16.3 Å². The molecule has 4 rings (SSSR count). The predicted molar refractivity (Wildman–Crippen MR) is 102 cm³/mol. The monoisotopic (exact) mass is 368 g/mol. The average Bonchev–Trinajstić information content (AvgIpc) is 3.10. The van der Waals surface area contributed by atoms with Crippen molar-refractivity contribution in [1.29, 1.82) is 0 Å². The van der Waals surface area contributed by atoms with Crippen LogP contribution in [-0.4, -0.2) is 14.8 Å². The number of nitrogens with zero attached hydrogens (tertiary/aromatic N) is 3. The molecule has 0 saturated carbocycles. The van der Waals surface area contributed by atoms with Crippen molar-refractivity contribution >= 4 is 23.2 Å². The van der Waals surface area contributed by atoms with Gasteiger partial charge in [-0.25, -0.2) is 9.07 Å². The highest BCUT2D eigenvalue weighted by atomic mass is 35.5. The number of fused-ring (bicyclic) bond motifs is 1. The maximum atomic E-state index is 14.5. The molecule has 0 amide bonds. The molecule has 4 nitrogen and oxygen atoms in total. The van der Waals surface area contributed by atoms with Gasteiger partial charge in [0.05, 0.1) is 0 Å². The Bertz CT molecular complexity index is 955. The minimum absolute atomic E-state index is 0.364. The van der Waals surface area contributed by atoms with E-state index in [0.717, 1.165) is 11.3 Å². The molecule has 1 aliphatic heterocycles. The van der Waals surface area contributed by atoms with E-state index in [1.165, 1.54) is 18.0 Å². The SMILES string of the molecule is CC(C)c1ccc(C2=CC(c3c(F)cccc3Cl)n3ncnc3N2)cc1. The van der Waals surface area contributed by atoms with E-state index in [0.29, 0.717) is 22.5 Å². The Hall–Kier alpha value is -2.66. The molecule has 3 aromatic rings. The minimum Gasteiger partial charge on any atom is -0.324 e. The lowest BCUT2D eigenvalue weighted by molar-refractivity contribution is 0.551. The Morgan fingerprint density at radius 1 is 1.15 bits per heavy atom. The van der Waals surface area contributed by atoms with Crippen molar-refractivity contribution in [1.82, 2.24) is 14.8 Å². The van der Waals surface area contributed by atoms with E-state index in [1.54, 1.807) is 16.8 Å². The van der Waals surface area contributed by atoms with Gasteiger partial charge in [0.1, 0.15) is 18.2 Å². The first-order valence-electron chi connectivity index (χ1n) is 8.47. The molecule has 1 unspecified atom stereocenters. The van der Waals surface area contributed by atoms with Gasteiger partial charge in [-0.05, 0) is 35.3 Å². The molecule has 2 aromatic carbocycles. The highest BCUT2D eigenvalue weighted by Gasteiger charge is 2.27. The Morgan fingerprint density at radius 3 is 2.62 bits per heavy atom. The van der Waals surface area contributed by atoms with Crippen molar-refractivity contribution in [2.24, 2.45) is 0 Å². The number of rotatable bonds is 3. The first-order chi connectivity index (χ1) is 12.5. The van der Waals surface area contributed by atoms with Gasteiger partial charge in [0.15, 0.2) is 0 Å². The summed E-state index contributed by atoms with van der Waals surface area (Å²) in [5, 5.41) is 7.87. The maximum Gasteiger partial charge on any atom is 0.226 e. The molecule has 26 heavy (non-hydrogen) atoms. The summed E-state index contributed by atoms with van der Waals surface area (Å²) in [6.07, 6.45) is 3.37. The second kappa shape index (κ2) is 6.57. The average molecular weight is 369 g/mol. The fourth-order valence-corrected chi connectivity index (χ4v) is 3.42. The quantitative estimate of drug-likeness (QED) is 0.686. The summed E-state index contributed by atoms with van der Waals surface area (Å²) in [7, 11) is 0. The van der Waals surface area contributed by atoms with Crippen molar-refractivity contribution < 1.29 is 4.39 Å². The van der Waals surface area contributed by atoms with Crippen LogP contribution in [0, 0.1) is 5.82 Å². The summed E-state index contributed by atoms with van der Waals surface area (Å²) in [6, 6.07) is 12.5. The van der Waals surface area contributed by atoms with Crippen LogP contribution in [-0.2, 0) is 0 Å². The van der Waals surface area contributed by atoms with E-state index < -0.39 is 6.04 Å². The third-order valence-corrected chi connectivity index (χ3v) is 4.92. The van der Waals surface area contributed by atoms with Gasteiger partial charge in [-0.1, -0.05) is 55.8 Å². The number of nitrogens with one attached hydrogen (secondary N) is 1. The van der Waals surface area contributed by atoms with Crippen LogP contribution in [0.5, 0.6) is 0 Å². The van der Waals surface area contributed by atoms with Gasteiger partial charge in [-0.3, -0.25) is 0 Å². The van der Waals surface area contributed by atoms with Gasteiger partial charge < -0.3 is 5.32 Å². The summed E-state index contributed by atoms with van der Waals surface area (Å²) >= 11 is 6.29. The van der Waals surface area contributed by atoms with E-state index in [-0.39, 0.29) is 5.82 Å². The zero-order valence-electron chi connectivity index (χ0n) is 14.4. The molecule has 0 spiro atoms. The van der Waals surface area contributed by atoms with Crippen molar-refractivity contribution in [3.05, 3.63) is 82.4 Å². The fraction of sp³-hybridized carbons (Fsp3) is 0.200. The smallest absolute Gasteiger partial charge is 0.226 e. The highest BCUT2D eigenvalue weighted by molar-refractivity contribution is 6.31. The van der Waals surface area contributed by atoms with Gasteiger partial charge in [0.2, 0.25) is 5.95 Å². The molecule has 1 aromatic heterocycles. The lowest BCUT2D eigenvalue weighted by atomic mass is 9.98. The predicted octanol–water partition coefficient (Wildman–Crippen LogP) is 5.25. The van der Waals surface area contributed by atoms with Crippen LogP contribution in [0.3, 0.4) is 0 Å². The van der Waals surface area contributed by atoms with E-state index in [4.69, 9.17) is 11.6 Å². The van der Waals surface area contributed by atoms with Gasteiger partial charge >= 0.3 is 0 Å². The standard InChI is InChI=1S/C20H18ClFN4/c1-12(2)13-6-8-14(9-7-13)17-10-18(26-20(25-17)23-11-24-26)19-15(21)4-3-5-16(19)22/h3-12,18H,1-2H3,(H,23,24,25). The van der Waals surface area contributed by atoms with Crippen LogP contribution < -0.4 is 5.32 Å². The maximum absolute atomic E-state index is 14.5. The summed E-state index contributed by atoms with van der Waals surface area (Å²) in [5.41, 5.74) is 3.51. The molecule has 2 heterocycles. The van der Waals surface area contributed by atoms with Gasteiger partial charge in [0.25, 0.3) is 0 Å². The molecule has 1 aliphatic rings. The molecule has 0 radical (unpaired) electrons. The molecule has 0 bridgehead atoms. The third-order valence-electron chi connectivity index (χ3n) is 4.59. The van der Waals surface area contributed by atoms with E-state index >= 15 is 0 Å². The number of hydrogen-bond acceptors (Lipinski definition) is 3. The molecule has 6 heteroatoms. The molecular formula is C20H18ClFN4. The zero-order chi connectivity index (χ0) is 18.3. The van der Waals surface area contributed by atoms with Crippen molar-refractivity contribution in [2.45, 2.75) is 25.8 Å². The number of hydrogen-bond donors (Lipinski definition) is 1. The van der Waals surface area contributed by atoms with Crippen LogP contribution in [0.1, 0.15) is 42.5 Å². The number of anilines is 1. The lowest BCUT2D eigenvalue weighted by Crippen LogP contribution is -2.21. The highest BCUT2D eigenvalue weighted by Crippen LogP contribution is 2.36. The molecule has 1 N–H and O–H groups in total. The molecular weight excluding hydrogens is 351 g/mol. The lowest BCUT2D eigenvalue weighted by Gasteiger charge is -2.25. The van der Waals surface area contributed by atoms with Crippen molar-refractivity contribution in [2.75, 3.05) is 5.32 Å². The summed E-state index contributed by atoms with van der Waals surface area (Å²) in [4.78, 5) is 4.25. The van der Waals surface area contributed by atoms with Crippen molar-refractivity contribution in [3.8, 4) is 0 Å². The van der Waals surface area contributed by atoms with E-state index in [2.05, 4.69) is 53.5 Å². The van der Waals surface area contributed by atoms with E-state index in [1.807, 2.05) is 6.08 Å². The van der Waals surface area contributed by atoms with Gasteiger partial charge in [-0.2, -0.15) is 10.1 Å². The topological polar surface area (TPSA) is 42.7 Å². The summed E-state index contributed by atoms with van der Waals surface area (Å²) < 4.78 is 16.1. The Balaban J connectivity index is 1.81. The molecule has 0 saturated heterocycles. The zero-order valence-corrected chi connectivity index (χ0v) is 15.2. The summed E-state index contributed by atoms with van der Waals surface area (Å²) in [6.45, 7) is 4.32. The molecule has 132 valence electrons. The molecule has 0 fully saturated rings. The second-order valence-corrected chi connectivity index (χ2v) is 7.00. The Kier molecular flexibility index (Phi) is 4.24. The number of benzene rings is 2. The van der Waals surface area contributed by atoms with Gasteiger partial charge in [-0.15, -0.1) is 0 Å². The van der Waals surface area contributed by atoms with Crippen LogP contribution in [0.2, 0.25) is 5.02 Å². The summed E-state index contributed by atoms with van der Waals surface area (Å²) in [5.74, 6) is 0.654. The fourth-order valence-electron chi connectivity index (χ4n) is 3.15. The van der Waals surface area contributed by atoms with Crippen LogP contribution >= 0.6 is 11.6 Å². The number of halogens is 2. The van der Waals surface area contributed by atoms with Crippen molar-refractivity contribution in [3.63, 3.8) is 0 Å². The van der Waals surface area contributed by atoms with Crippen LogP contribution in [0.4, 0.5) is 10.3 Å². The van der Waals surface area contributed by atoms with E-state index in [9.17, 15) is 4.39 Å². The molecule has 1 atom stereocenters. The Morgan fingerprint density at radius 2 is 1.92 bits per heavy atom. The third kappa shape index (κ3) is 2.88. The largest absolute Gasteiger partial charge is 0.324 e. The number of allylic oxidation sites excluding steroid dienone is 1. The normalized spacial score (nSPS) is 16.2. The minimum atomic E-state index is -0.470.